The molecule has 2 aromatic rings. The Balaban J connectivity index is 1.78. The quantitative estimate of drug-likeness (QED) is 0.263. The molecular formula is C27H35BrClFNO5P. The van der Waals surface area contributed by atoms with Crippen LogP contribution < -0.4 is 0 Å². The number of hydrogen-bond acceptors (Lipinski definition) is 6. The Morgan fingerprint density at radius 3 is 2.27 bits per heavy atom. The molecule has 0 radical (unpaired) electrons. The summed E-state index contributed by atoms with van der Waals surface area (Å²) in [4.78, 5) is 4.69. The highest BCUT2D eigenvalue weighted by Crippen LogP contribution is 2.56. The maximum Gasteiger partial charge on any atom is 0.475 e. The maximum absolute atomic E-state index is 14.4. The van der Waals surface area contributed by atoms with Crippen molar-refractivity contribution in [3.63, 3.8) is 0 Å². The highest BCUT2D eigenvalue weighted by molar-refractivity contribution is 9.10. The van der Waals surface area contributed by atoms with Crippen molar-refractivity contribution in [3.8, 4) is 11.1 Å². The fraction of sp³-hybridized carbons (Fsp3) is 0.519. The summed E-state index contributed by atoms with van der Waals surface area (Å²) in [6.07, 6.45) is 1.07. The van der Waals surface area contributed by atoms with E-state index in [1.165, 1.54) is 6.07 Å². The summed E-state index contributed by atoms with van der Waals surface area (Å²) >= 11 is 9.88. The van der Waals surface area contributed by atoms with Crippen molar-refractivity contribution in [1.82, 2.24) is 0 Å². The van der Waals surface area contributed by atoms with E-state index in [1.807, 2.05) is 12.1 Å². The average Bonchev–Trinajstić information content (AvgIpc) is 3.10. The molecule has 0 N–H and O–H groups in total. The number of halogens is 3. The van der Waals surface area contributed by atoms with Gasteiger partial charge in [-0.3, -0.25) is 13.6 Å². The first-order chi connectivity index (χ1) is 17.0. The van der Waals surface area contributed by atoms with Gasteiger partial charge in [-0.1, -0.05) is 45.7 Å². The highest BCUT2D eigenvalue weighted by Gasteiger charge is 2.43. The zero-order chi connectivity index (χ0) is 27.6. The molecule has 0 amide bonds. The standard InChI is InChI=1S/C27H35BrClFNO5P/c1-18-31-27(16-33-18,17-34-37(32,35-25(2,3)4)36-26(5,6)7)13-12-19-8-9-20(14-23(19)29)22-11-10-21(28)15-24(22)30/h8-11,14-15H,12-13,16-17H2,1-7H3. The van der Waals surface area contributed by atoms with Gasteiger partial charge in [0.25, 0.3) is 0 Å². The van der Waals surface area contributed by atoms with Gasteiger partial charge in [-0.25, -0.2) is 13.9 Å². The molecule has 0 fully saturated rings. The summed E-state index contributed by atoms with van der Waals surface area (Å²) in [6, 6.07) is 10.4. The molecule has 0 bridgehead atoms. The van der Waals surface area contributed by atoms with E-state index in [0.717, 1.165) is 5.56 Å². The number of nitrogens with zero attached hydrogens (tertiary/aromatic N) is 1. The van der Waals surface area contributed by atoms with Crippen molar-refractivity contribution in [3.05, 3.63) is 57.3 Å². The van der Waals surface area contributed by atoms with Gasteiger partial charge < -0.3 is 4.74 Å². The van der Waals surface area contributed by atoms with E-state index in [-0.39, 0.29) is 19.0 Å². The zero-order valence-electron chi connectivity index (χ0n) is 22.4. The number of phosphoric acid groups is 1. The topological polar surface area (TPSA) is 66.4 Å². The minimum atomic E-state index is -3.92. The molecule has 1 atom stereocenters. The molecule has 3 rings (SSSR count). The molecule has 204 valence electrons. The van der Waals surface area contributed by atoms with Gasteiger partial charge in [0.1, 0.15) is 18.0 Å². The van der Waals surface area contributed by atoms with Crippen molar-refractivity contribution in [2.24, 2.45) is 4.99 Å². The smallest absolute Gasteiger partial charge is 0.475 e. The van der Waals surface area contributed by atoms with Gasteiger partial charge >= 0.3 is 7.82 Å². The monoisotopic (exact) mass is 617 g/mol. The lowest BCUT2D eigenvalue weighted by Crippen LogP contribution is -2.36. The lowest BCUT2D eigenvalue weighted by atomic mass is 9.93. The van der Waals surface area contributed by atoms with E-state index >= 15 is 0 Å². The van der Waals surface area contributed by atoms with Crippen LogP contribution in [0.3, 0.4) is 0 Å². The molecule has 0 saturated heterocycles. The molecular weight excluding hydrogens is 584 g/mol. The van der Waals surface area contributed by atoms with Crippen LogP contribution in [0.5, 0.6) is 0 Å². The first kappa shape index (κ1) is 30.3. The summed E-state index contributed by atoms with van der Waals surface area (Å²) < 4.78 is 51.7. The minimum absolute atomic E-state index is 0.0203. The van der Waals surface area contributed by atoms with Crippen LogP contribution in [0.25, 0.3) is 11.1 Å². The van der Waals surface area contributed by atoms with E-state index in [4.69, 9.17) is 29.9 Å². The lowest BCUT2D eigenvalue weighted by molar-refractivity contribution is -0.00465. The maximum atomic E-state index is 14.4. The van der Waals surface area contributed by atoms with Crippen LogP contribution in [0.2, 0.25) is 5.02 Å². The fourth-order valence-corrected chi connectivity index (χ4v) is 6.35. The number of hydrogen-bond donors (Lipinski definition) is 0. The van der Waals surface area contributed by atoms with E-state index in [1.54, 1.807) is 66.7 Å². The number of phosphoric ester groups is 1. The van der Waals surface area contributed by atoms with Gasteiger partial charge in [-0.05, 0) is 83.7 Å². The van der Waals surface area contributed by atoms with Gasteiger partial charge in [0.05, 0.1) is 17.8 Å². The minimum Gasteiger partial charge on any atom is -0.479 e. The molecule has 1 aliphatic rings. The van der Waals surface area contributed by atoms with Gasteiger partial charge in [-0.2, -0.15) is 0 Å². The normalized spacial score (nSPS) is 18.6. The second-order valence-electron chi connectivity index (χ2n) is 11.2. The first-order valence-corrected chi connectivity index (χ1v) is 14.7. The van der Waals surface area contributed by atoms with Gasteiger partial charge in [0.2, 0.25) is 0 Å². The van der Waals surface area contributed by atoms with Crippen molar-refractivity contribution in [2.45, 2.75) is 78.0 Å². The van der Waals surface area contributed by atoms with Gasteiger partial charge in [0.15, 0.2) is 5.90 Å². The Kier molecular flexibility index (Phi) is 9.37. The predicted molar refractivity (Wildman–Crippen MR) is 150 cm³/mol. The van der Waals surface area contributed by atoms with Crippen LogP contribution in [-0.2, 0) is 29.3 Å². The number of benzene rings is 2. The second-order valence-corrected chi connectivity index (χ2v) is 14.0. The lowest BCUT2D eigenvalue weighted by Gasteiger charge is -2.33. The Hall–Kier alpha value is -1.28. The Morgan fingerprint density at radius 1 is 1.11 bits per heavy atom. The molecule has 0 aromatic heterocycles. The summed E-state index contributed by atoms with van der Waals surface area (Å²) in [6.45, 7) is 12.8. The van der Waals surface area contributed by atoms with Crippen LogP contribution in [-0.4, -0.2) is 35.9 Å². The summed E-state index contributed by atoms with van der Waals surface area (Å²) in [7, 11) is -3.92. The molecule has 2 aromatic carbocycles. The summed E-state index contributed by atoms with van der Waals surface area (Å²) in [5.74, 6) is 0.195. The molecule has 6 nitrogen and oxygen atoms in total. The predicted octanol–water partition coefficient (Wildman–Crippen LogP) is 8.78. The van der Waals surface area contributed by atoms with Crippen LogP contribution in [0, 0.1) is 5.82 Å². The van der Waals surface area contributed by atoms with E-state index in [0.29, 0.717) is 39.4 Å². The van der Waals surface area contributed by atoms with Crippen LogP contribution in [0.1, 0.15) is 60.5 Å². The Morgan fingerprint density at radius 2 is 1.76 bits per heavy atom. The molecule has 10 heteroatoms. The first-order valence-electron chi connectivity index (χ1n) is 12.1. The molecule has 37 heavy (non-hydrogen) atoms. The molecule has 0 saturated carbocycles. The van der Waals surface area contributed by atoms with Crippen molar-refractivity contribution < 1.29 is 27.3 Å². The van der Waals surface area contributed by atoms with Crippen LogP contribution in [0.15, 0.2) is 45.9 Å². The van der Waals surface area contributed by atoms with E-state index < -0.39 is 24.6 Å². The van der Waals surface area contributed by atoms with E-state index in [9.17, 15) is 8.96 Å². The third-order valence-electron chi connectivity index (χ3n) is 5.36. The second kappa shape index (κ2) is 11.4. The zero-order valence-corrected chi connectivity index (χ0v) is 25.6. The number of ether oxygens (including phenoxy) is 1. The summed E-state index contributed by atoms with van der Waals surface area (Å²) in [5.41, 5.74) is -0.246. The molecule has 1 aliphatic heterocycles. The third kappa shape index (κ3) is 8.87. The summed E-state index contributed by atoms with van der Waals surface area (Å²) in [5, 5.41) is 0.522. The molecule has 0 spiro atoms. The third-order valence-corrected chi connectivity index (χ3v) is 8.19. The van der Waals surface area contributed by atoms with Crippen LogP contribution >= 0.6 is 35.4 Å². The van der Waals surface area contributed by atoms with E-state index in [2.05, 4.69) is 20.9 Å². The molecule has 1 unspecified atom stereocenters. The largest absolute Gasteiger partial charge is 0.479 e. The number of aliphatic imine (C=N–C) groups is 1. The van der Waals surface area contributed by atoms with Gasteiger partial charge in [0, 0.05) is 22.0 Å². The molecule has 0 aliphatic carbocycles. The molecule has 1 heterocycles. The Labute approximate surface area is 232 Å². The van der Waals surface area contributed by atoms with Crippen molar-refractivity contribution in [1.29, 1.82) is 0 Å². The average molecular weight is 619 g/mol. The van der Waals surface area contributed by atoms with Crippen molar-refractivity contribution in [2.75, 3.05) is 13.2 Å². The highest BCUT2D eigenvalue weighted by atomic mass is 79.9. The SMILES string of the molecule is CC1=NC(CCc2ccc(-c3ccc(Br)cc3F)cc2Cl)(COP(=O)(OC(C)(C)C)OC(C)(C)C)CO1. The Bertz CT molecular complexity index is 1190. The van der Waals surface area contributed by atoms with Gasteiger partial charge in [-0.15, -0.1) is 0 Å². The van der Waals surface area contributed by atoms with Crippen molar-refractivity contribution >= 4 is 41.3 Å². The van der Waals surface area contributed by atoms with Crippen LogP contribution in [0.4, 0.5) is 4.39 Å². The number of rotatable bonds is 9. The number of aryl methyl sites for hydroxylation is 1. The fourth-order valence-electron chi connectivity index (χ4n) is 3.86.